The lowest BCUT2D eigenvalue weighted by atomic mass is 10.3. The van der Waals surface area contributed by atoms with Gasteiger partial charge in [0.1, 0.15) is 0 Å². The maximum atomic E-state index is 10.6. The van der Waals surface area contributed by atoms with E-state index in [1.54, 1.807) is 6.07 Å². The van der Waals surface area contributed by atoms with Crippen LogP contribution < -0.4 is 14.0 Å². The van der Waals surface area contributed by atoms with Crippen LogP contribution in [-0.4, -0.2) is 24.0 Å². The summed E-state index contributed by atoms with van der Waals surface area (Å²) in [4.78, 5) is 17.3. The SMILES string of the molecule is COc1cccc(OP(=O)(O)O)c1OC. The molecule has 0 aliphatic heterocycles. The Kier molecular flexibility index (Phi) is 3.57. The van der Waals surface area contributed by atoms with E-state index in [9.17, 15) is 4.57 Å². The smallest absolute Gasteiger partial charge is 0.493 e. The Hall–Kier alpha value is -1.23. The number of benzene rings is 1. The van der Waals surface area contributed by atoms with Crippen molar-refractivity contribution in [1.82, 2.24) is 0 Å². The lowest BCUT2D eigenvalue weighted by Crippen LogP contribution is -1.96. The number of methoxy groups -OCH3 is 2. The van der Waals surface area contributed by atoms with Crippen molar-refractivity contribution in [2.24, 2.45) is 0 Å². The molecule has 0 atom stereocenters. The zero-order valence-electron chi connectivity index (χ0n) is 8.21. The first-order chi connectivity index (χ1) is 6.98. The lowest BCUT2D eigenvalue weighted by Gasteiger charge is -2.13. The Morgan fingerprint density at radius 3 is 2.20 bits per heavy atom. The molecule has 1 aromatic rings. The average molecular weight is 234 g/mol. The number of hydrogen-bond donors (Lipinski definition) is 2. The molecule has 0 unspecified atom stereocenters. The highest BCUT2D eigenvalue weighted by atomic mass is 31.2. The second kappa shape index (κ2) is 4.53. The van der Waals surface area contributed by atoms with Crippen molar-refractivity contribution in [3.8, 4) is 17.2 Å². The van der Waals surface area contributed by atoms with E-state index in [-0.39, 0.29) is 11.5 Å². The molecular formula is C8H11O6P. The fraction of sp³-hybridized carbons (Fsp3) is 0.250. The minimum absolute atomic E-state index is 0.0646. The van der Waals surface area contributed by atoms with Gasteiger partial charge in [0.05, 0.1) is 14.2 Å². The molecule has 15 heavy (non-hydrogen) atoms. The molecule has 84 valence electrons. The van der Waals surface area contributed by atoms with E-state index in [1.165, 1.54) is 26.4 Å². The quantitative estimate of drug-likeness (QED) is 0.761. The van der Waals surface area contributed by atoms with Crippen LogP contribution in [0, 0.1) is 0 Å². The van der Waals surface area contributed by atoms with Crippen molar-refractivity contribution >= 4 is 7.82 Å². The molecule has 0 spiro atoms. The standard InChI is InChI=1S/C8H11O6P/c1-12-6-4-3-5-7(8(6)13-2)14-15(9,10)11/h3-5H,1-2H3,(H2,9,10,11). The van der Waals surface area contributed by atoms with Gasteiger partial charge in [-0.3, -0.25) is 9.79 Å². The summed E-state index contributed by atoms with van der Waals surface area (Å²) in [6.45, 7) is 0. The third-order valence-corrected chi connectivity index (χ3v) is 2.02. The van der Waals surface area contributed by atoms with Crippen LogP contribution in [0.5, 0.6) is 17.2 Å². The van der Waals surface area contributed by atoms with Gasteiger partial charge in [-0.2, -0.15) is 0 Å². The van der Waals surface area contributed by atoms with E-state index in [0.29, 0.717) is 5.75 Å². The zero-order chi connectivity index (χ0) is 11.5. The molecule has 0 bridgehead atoms. The van der Waals surface area contributed by atoms with Gasteiger partial charge < -0.3 is 14.0 Å². The fourth-order valence-corrected chi connectivity index (χ4v) is 1.46. The van der Waals surface area contributed by atoms with E-state index in [1.807, 2.05) is 0 Å². The Morgan fingerprint density at radius 1 is 1.13 bits per heavy atom. The minimum atomic E-state index is -4.59. The molecule has 1 rings (SSSR count). The summed E-state index contributed by atoms with van der Waals surface area (Å²) in [5, 5.41) is 0. The first kappa shape index (κ1) is 11.8. The largest absolute Gasteiger partial charge is 0.524 e. The number of para-hydroxylation sites is 1. The molecular weight excluding hydrogens is 223 g/mol. The van der Waals surface area contributed by atoms with E-state index >= 15 is 0 Å². The molecule has 0 aliphatic rings. The van der Waals surface area contributed by atoms with Crippen molar-refractivity contribution in [3.63, 3.8) is 0 Å². The Labute approximate surface area is 86.6 Å². The van der Waals surface area contributed by atoms with Crippen LogP contribution in [0.25, 0.3) is 0 Å². The summed E-state index contributed by atoms with van der Waals surface area (Å²) in [5.74, 6) is 0.414. The molecule has 0 amide bonds. The molecule has 0 saturated heterocycles. The van der Waals surface area contributed by atoms with Gasteiger partial charge in [0, 0.05) is 0 Å². The molecule has 0 aromatic heterocycles. The summed E-state index contributed by atoms with van der Waals surface area (Å²) < 4.78 is 24.9. The van der Waals surface area contributed by atoms with E-state index in [2.05, 4.69) is 4.52 Å². The van der Waals surface area contributed by atoms with Crippen molar-refractivity contribution < 1.29 is 28.3 Å². The number of phosphoric ester groups is 1. The van der Waals surface area contributed by atoms with Crippen molar-refractivity contribution in [2.75, 3.05) is 14.2 Å². The Morgan fingerprint density at radius 2 is 1.73 bits per heavy atom. The first-order valence-corrected chi connectivity index (χ1v) is 5.47. The second-order valence-electron chi connectivity index (χ2n) is 2.57. The average Bonchev–Trinajstić information content (AvgIpc) is 2.15. The molecule has 7 heteroatoms. The summed E-state index contributed by atoms with van der Waals surface area (Å²) in [7, 11) is -1.83. The number of hydrogen-bond acceptors (Lipinski definition) is 4. The molecule has 0 radical (unpaired) electrons. The van der Waals surface area contributed by atoms with Crippen LogP contribution in [0.1, 0.15) is 0 Å². The van der Waals surface area contributed by atoms with Crippen molar-refractivity contribution in [2.45, 2.75) is 0 Å². The summed E-state index contributed by atoms with van der Waals surface area (Å²) in [6.07, 6.45) is 0. The van der Waals surface area contributed by atoms with Gasteiger partial charge >= 0.3 is 7.82 Å². The highest BCUT2D eigenvalue weighted by Gasteiger charge is 2.20. The highest BCUT2D eigenvalue weighted by Crippen LogP contribution is 2.45. The monoisotopic (exact) mass is 234 g/mol. The molecule has 0 fully saturated rings. The normalized spacial score (nSPS) is 10.9. The zero-order valence-corrected chi connectivity index (χ0v) is 9.10. The first-order valence-electron chi connectivity index (χ1n) is 3.94. The van der Waals surface area contributed by atoms with Crippen LogP contribution >= 0.6 is 7.82 Å². The fourth-order valence-electron chi connectivity index (χ4n) is 1.06. The summed E-state index contributed by atoms with van der Waals surface area (Å²) in [6, 6.07) is 4.50. The molecule has 0 saturated carbocycles. The number of ether oxygens (including phenoxy) is 2. The molecule has 0 aliphatic carbocycles. The van der Waals surface area contributed by atoms with Crippen LogP contribution in [0.4, 0.5) is 0 Å². The van der Waals surface area contributed by atoms with Gasteiger partial charge in [0.25, 0.3) is 0 Å². The van der Waals surface area contributed by atoms with Crippen molar-refractivity contribution in [3.05, 3.63) is 18.2 Å². The molecule has 6 nitrogen and oxygen atoms in total. The molecule has 2 N–H and O–H groups in total. The third-order valence-electron chi connectivity index (χ3n) is 1.58. The van der Waals surface area contributed by atoms with Crippen LogP contribution in [-0.2, 0) is 4.57 Å². The van der Waals surface area contributed by atoms with Crippen LogP contribution in [0.3, 0.4) is 0 Å². The maximum Gasteiger partial charge on any atom is 0.524 e. The van der Waals surface area contributed by atoms with E-state index < -0.39 is 7.82 Å². The van der Waals surface area contributed by atoms with E-state index in [0.717, 1.165) is 0 Å². The van der Waals surface area contributed by atoms with Gasteiger partial charge in [-0.25, -0.2) is 4.57 Å². The number of rotatable bonds is 4. The van der Waals surface area contributed by atoms with Crippen molar-refractivity contribution in [1.29, 1.82) is 0 Å². The predicted octanol–water partition coefficient (Wildman–Crippen LogP) is 1.18. The molecule has 0 heterocycles. The topological polar surface area (TPSA) is 85.2 Å². The Balaban J connectivity index is 3.12. The summed E-state index contributed by atoms with van der Waals surface area (Å²) in [5.41, 5.74) is 0. The second-order valence-corrected chi connectivity index (χ2v) is 3.74. The lowest BCUT2D eigenvalue weighted by molar-refractivity contribution is 0.273. The van der Waals surface area contributed by atoms with Gasteiger partial charge in [0.15, 0.2) is 11.5 Å². The number of phosphoric acid groups is 1. The van der Waals surface area contributed by atoms with Gasteiger partial charge in [-0.15, -0.1) is 0 Å². The van der Waals surface area contributed by atoms with Crippen LogP contribution in [0.15, 0.2) is 18.2 Å². The van der Waals surface area contributed by atoms with Crippen LogP contribution in [0.2, 0.25) is 0 Å². The van der Waals surface area contributed by atoms with Gasteiger partial charge in [-0.1, -0.05) is 6.07 Å². The molecule has 1 aromatic carbocycles. The maximum absolute atomic E-state index is 10.6. The van der Waals surface area contributed by atoms with Gasteiger partial charge in [-0.05, 0) is 12.1 Å². The summed E-state index contributed by atoms with van der Waals surface area (Å²) >= 11 is 0. The van der Waals surface area contributed by atoms with Gasteiger partial charge in [0.2, 0.25) is 5.75 Å². The minimum Gasteiger partial charge on any atom is -0.493 e. The van der Waals surface area contributed by atoms with E-state index in [4.69, 9.17) is 19.3 Å². The third kappa shape index (κ3) is 3.13. The Bertz CT molecular complexity index is 385. The highest BCUT2D eigenvalue weighted by molar-refractivity contribution is 7.46. The predicted molar refractivity (Wildman–Crippen MR) is 52.2 cm³/mol.